The third-order valence-electron chi connectivity index (χ3n) is 5.01. The van der Waals surface area contributed by atoms with Crippen molar-refractivity contribution in [2.75, 3.05) is 18.0 Å². The number of anilines is 1. The summed E-state index contributed by atoms with van der Waals surface area (Å²) in [6.07, 6.45) is -0.159. The Balaban J connectivity index is 0.00000169. The minimum Gasteiger partial charge on any atom is -0.486 e. The van der Waals surface area contributed by atoms with E-state index < -0.39 is 0 Å². The van der Waals surface area contributed by atoms with Crippen LogP contribution in [0.5, 0.6) is 5.75 Å². The van der Waals surface area contributed by atoms with E-state index in [0.717, 1.165) is 23.4 Å². The lowest BCUT2D eigenvalue weighted by Crippen LogP contribution is -2.41. The first kappa shape index (κ1) is 17.1. The number of fused-ring (bicyclic) bond motifs is 2. The van der Waals surface area contributed by atoms with Gasteiger partial charge >= 0.3 is 0 Å². The van der Waals surface area contributed by atoms with Gasteiger partial charge in [0.2, 0.25) is 0 Å². The summed E-state index contributed by atoms with van der Waals surface area (Å²) in [5.41, 5.74) is 8.69. The number of hydrogen-bond acceptors (Lipinski definition) is 3. The molecular weight excluding hydrogens is 327 g/mol. The van der Waals surface area contributed by atoms with Gasteiger partial charge in [0.25, 0.3) is 0 Å². The van der Waals surface area contributed by atoms with Crippen molar-refractivity contribution >= 4 is 18.1 Å². The monoisotopic (exact) mass is 348 g/mol. The fraction of sp³-hybridized carbons (Fsp3) is 0.368. The van der Waals surface area contributed by atoms with E-state index in [1.165, 1.54) is 6.07 Å². The first-order valence-electron chi connectivity index (χ1n) is 8.04. The molecule has 2 aliphatic heterocycles. The molecule has 0 spiro atoms. The summed E-state index contributed by atoms with van der Waals surface area (Å²) in [6.45, 7) is 5.47. The van der Waals surface area contributed by atoms with Gasteiger partial charge in [-0.15, -0.1) is 12.4 Å². The molecule has 2 aromatic rings. The van der Waals surface area contributed by atoms with E-state index in [4.69, 9.17) is 10.5 Å². The second kappa shape index (κ2) is 5.94. The van der Waals surface area contributed by atoms with Gasteiger partial charge in [-0.05, 0) is 17.7 Å². The maximum absolute atomic E-state index is 14.6. The molecule has 0 fully saturated rings. The molecule has 2 aliphatic rings. The van der Waals surface area contributed by atoms with E-state index >= 15 is 0 Å². The average Bonchev–Trinajstić information content (AvgIpc) is 3.03. The van der Waals surface area contributed by atoms with Crippen molar-refractivity contribution in [2.45, 2.75) is 31.4 Å². The normalized spacial score (nSPS) is 23.2. The van der Waals surface area contributed by atoms with Crippen LogP contribution in [0.2, 0.25) is 0 Å². The van der Waals surface area contributed by atoms with Crippen molar-refractivity contribution in [3.8, 4) is 5.75 Å². The molecule has 0 saturated heterocycles. The average molecular weight is 349 g/mol. The number of hydrogen-bond donors (Lipinski definition) is 1. The van der Waals surface area contributed by atoms with Gasteiger partial charge in [0.1, 0.15) is 17.7 Å². The summed E-state index contributed by atoms with van der Waals surface area (Å²) in [5, 5.41) is 0. The van der Waals surface area contributed by atoms with Gasteiger partial charge in [-0.3, -0.25) is 0 Å². The third kappa shape index (κ3) is 2.36. The van der Waals surface area contributed by atoms with Crippen LogP contribution in [0.25, 0.3) is 0 Å². The van der Waals surface area contributed by atoms with Crippen LogP contribution in [0.15, 0.2) is 42.5 Å². The number of rotatable bonds is 2. The highest BCUT2D eigenvalue weighted by atomic mass is 35.5. The summed E-state index contributed by atoms with van der Waals surface area (Å²) < 4.78 is 20.6. The van der Waals surface area contributed by atoms with Crippen molar-refractivity contribution < 1.29 is 9.13 Å². The first-order valence-corrected chi connectivity index (χ1v) is 8.04. The van der Waals surface area contributed by atoms with Crippen LogP contribution in [0.3, 0.4) is 0 Å². The minimum absolute atomic E-state index is 0. The molecule has 128 valence electrons. The molecule has 0 aromatic heterocycles. The highest BCUT2D eigenvalue weighted by Crippen LogP contribution is 2.50. The number of nitrogens with zero attached hydrogens (tertiary/aromatic N) is 1. The Morgan fingerprint density at radius 2 is 1.96 bits per heavy atom. The molecule has 0 amide bonds. The van der Waals surface area contributed by atoms with Crippen LogP contribution >= 0.6 is 12.4 Å². The van der Waals surface area contributed by atoms with Gasteiger partial charge < -0.3 is 15.4 Å². The summed E-state index contributed by atoms with van der Waals surface area (Å²) in [7, 11) is 0. The van der Waals surface area contributed by atoms with Gasteiger partial charge in [0.05, 0.1) is 11.7 Å². The van der Waals surface area contributed by atoms with Crippen LogP contribution in [0.1, 0.15) is 31.0 Å². The molecule has 2 atom stereocenters. The SMILES string of the molecule is CC1(C)CN([C@H]2c3ccccc3O[C@@H]2CN)c2c(F)cccc21.Cl. The lowest BCUT2D eigenvalue weighted by Gasteiger charge is -2.31. The van der Waals surface area contributed by atoms with Crippen LogP contribution in [0, 0.1) is 5.82 Å². The lowest BCUT2D eigenvalue weighted by molar-refractivity contribution is 0.209. The molecule has 3 nitrogen and oxygen atoms in total. The number of benzene rings is 2. The molecule has 2 heterocycles. The zero-order valence-electron chi connectivity index (χ0n) is 13.8. The summed E-state index contributed by atoms with van der Waals surface area (Å²) in [5.74, 6) is 0.684. The molecular formula is C19H22ClFN2O. The maximum Gasteiger partial charge on any atom is 0.146 e. The topological polar surface area (TPSA) is 38.5 Å². The smallest absolute Gasteiger partial charge is 0.146 e. The summed E-state index contributed by atoms with van der Waals surface area (Å²) >= 11 is 0. The minimum atomic E-state index is -0.173. The van der Waals surface area contributed by atoms with Gasteiger partial charge in [0.15, 0.2) is 0 Å². The molecule has 4 rings (SSSR count). The molecule has 0 aliphatic carbocycles. The van der Waals surface area contributed by atoms with Crippen molar-refractivity contribution in [3.05, 3.63) is 59.4 Å². The Hall–Kier alpha value is -1.78. The Morgan fingerprint density at radius 1 is 1.21 bits per heavy atom. The first-order chi connectivity index (χ1) is 11.0. The maximum atomic E-state index is 14.6. The van der Waals surface area contributed by atoms with E-state index in [9.17, 15) is 4.39 Å². The Kier molecular flexibility index (Phi) is 4.22. The van der Waals surface area contributed by atoms with Crippen molar-refractivity contribution in [1.29, 1.82) is 0 Å². The van der Waals surface area contributed by atoms with Crippen LogP contribution in [0.4, 0.5) is 10.1 Å². The molecule has 2 aromatic carbocycles. The Morgan fingerprint density at radius 3 is 2.71 bits per heavy atom. The van der Waals surface area contributed by atoms with Crippen molar-refractivity contribution in [1.82, 2.24) is 0 Å². The second-order valence-electron chi connectivity index (χ2n) is 7.02. The highest BCUT2D eigenvalue weighted by Gasteiger charge is 2.46. The number of para-hydroxylation sites is 2. The fourth-order valence-corrected chi connectivity index (χ4v) is 3.99. The zero-order chi connectivity index (χ0) is 16.2. The quantitative estimate of drug-likeness (QED) is 0.897. The molecule has 0 radical (unpaired) electrons. The largest absolute Gasteiger partial charge is 0.486 e. The van der Waals surface area contributed by atoms with Gasteiger partial charge in [0, 0.05) is 24.1 Å². The van der Waals surface area contributed by atoms with Gasteiger partial charge in [-0.25, -0.2) is 4.39 Å². The summed E-state index contributed by atoms with van der Waals surface area (Å²) in [4.78, 5) is 2.15. The predicted molar refractivity (Wildman–Crippen MR) is 96.7 cm³/mol. The Bertz CT molecular complexity index is 765. The van der Waals surface area contributed by atoms with E-state index in [1.807, 2.05) is 24.3 Å². The molecule has 0 saturated carbocycles. The molecule has 24 heavy (non-hydrogen) atoms. The zero-order valence-corrected chi connectivity index (χ0v) is 14.6. The van der Waals surface area contributed by atoms with Crippen molar-refractivity contribution in [3.63, 3.8) is 0 Å². The van der Waals surface area contributed by atoms with E-state index in [0.29, 0.717) is 12.2 Å². The molecule has 0 unspecified atom stereocenters. The number of nitrogens with two attached hydrogens (primary N) is 1. The standard InChI is InChI=1S/C19H21FN2O.ClH/c1-19(2)11-22(18-13(19)7-5-8-14(18)20)17-12-6-3-4-9-15(12)23-16(17)10-21;/h3-9,16-17H,10-11,21H2,1-2H3;1H/t16-,17+;/m1./s1. The molecule has 2 N–H and O–H groups in total. The summed E-state index contributed by atoms with van der Waals surface area (Å²) in [6, 6.07) is 13.3. The number of ether oxygens (including phenoxy) is 1. The van der Waals surface area contributed by atoms with E-state index in [1.54, 1.807) is 6.07 Å². The highest BCUT2D eigenvalue weighted by molar-refractivity contribution is 5.85. The Labute approximate surface area is 148 Å². The molecule has 5 heteroatoms. The van der Waals surface area contributed by atoms with Crippen molar-refractivity contribution in [2.24, 2.45) is 5.73 Å². The number of halogens is 2. The predicted octanol–water partition coefficient (Wildman–Crippen LogP) is 3.81. The van der Waals surface area contributed by atoms with Crippen LogP contribution in [-0.2, 0) is 5.41 Å². The third-order valence-corrected chi connectivity index (χ3v) is 5.01. The van der Waals surface area contributed by atoms with Crippen LogP contribution < -0.4 is 15.4 Å². The fourth-order valence-electron chi connectivity index (χ4n) is 3.99. The second-order valence-corrected chi connectivity index (χ2v) is 7.02. The lowest BCUT2D eigenvalue weighted by atomic mass is 9.87. The van der Waals surface area contributed by atoms with E-state index in [2.05, 4.69) is 24.8 Å². The van der Waals surface area contributed by atoms with E-state index in [-0.39, 0.29) is 35.8 Å². The molecule has 0 bridgehead atoms. The van der Waals surface area contributed by atoms with Gasteiger partial charge in [-0.2, -0.15) is 0 Å². The van der Waals surface area contributed by atoms with Gasteiger partial charge in [-0.1, -0.05) is 44.2 Å². The van der Waals surface area contributed by atoms with Crippen LogP contribution in [-0.4, -0.2) is 19.2 Å².